The standard InChI is InChI=1S/C17H14F3N5O/c18-17(19,20)12-6-8-21-15(10-12)16(26)22-9-7-13-11-23-25(24-13)14-4-2-1-3-5-14/h1-6,8,10-11H,7,9H2,(H,22,26). The number of para-hydroxylation sites is 1. The number of hydrogen-bond donors (Lipinski definition) is 1. The van der Waals surface area contributed by atoms with Crippen molar-refractivity contribution in [1.82, 2.24) is 25.3 Å². The molecule has 2 heterocycles. The maximum absolute atomic E-state index is 12.7. The van der Waals surface area contributed by atoms with Gasteiger partial charge in [-0.05, 0) is 24.3 Å². The van der Waals surface area contributed by atoms with Gasteiger partial charge in [-0.3, -0.25) is 9.78 Å². The summed E-state index contributed by atoms with van der Waals surface area (Å²) in [6.45, 7) is 0.199. The van der Waals surface area contributed by atoms with Crippen LogP contribution in [-0.2, 0) is 12.6 Å². The zero-order valence-electron chi connectivity index (χ0n) is 13.4. The normalized spacial score (nSPS) is 11.3. The molecular formula is C17H14F3N5O. The van der Waals surface area contributed by atoms with Crippen LogP contribution in [0.5, 0.6) is 0 Å². The van der Waals surface area contributed by atoms with E-state index in [9.17, 15) is 18.0 Å². The quantitative estimate of drug-likeness (QED) is 0.758. The first kappa shape index (κ1) is 17.6. The first-order valence-electron chi connectivity index (χ1n) is 7.71. The van der Waals surface area contributed by atoms with E-state index in [1.807, 2.05) is 30.3 Å². The number of carbonyl (C=O) groups excluding carboxylic acids is 1. The van der Waals surface area contributed by atoms with Gasteiger partial charge in [0.25, 0.3) is 5.91 Å². The highest BCUT2D eigenvalue weighted by atomic mass is 19.4. The van der Waals surface area contributed by atoms with Crippen LogP contribution in [0.4, 0.5) is 13.2 Å². The lowest BCUT2D eigenvalue weighted by Gasteiger charge is -2.08. The molecule has 0 atom stereocenters. The van der Waals surface area contributed by atoms with Crippen LogP contribution in [0.2, 0.25) is 0 Å². The molecule has 0 saturated carbocycles. The van der Waals surface area contributed by atoms with Gasteiger partial charge < -0.3 is 5.32 Å². The van der Waals surface area contributed by atoms with Gasteiger partial charge in [-0.1, -0.05) is 18.2 Å². The van der Waals surface area contributed by atoms with Gasteiger partial charge in [-0.25, -0.2) is 0 Å². The Labute approximate surface area is 146 Å². The van der Waals surface area contributed by atoms with E-state index in [1.54, 1.807) is 6.20 Å². The van der Waals surface area contributed by atoms with Gasteiger partial charge >= 0.3 is 6.18 Å². The van der Waals surface area contributed by atoms with Crippen molar-refractivity contribution in [2.45, 2.75) is 12.6 Å². The molecule has 0 aliphatic heterocycles. The molecule has 0 bridgehead atoms. The van der Waals surface area contributed by atoms with E-state index < -0.39 is 17.6 Å². The van der Waals surface area contributed by atoms with Crippen molar-refractivity contribution < 1.29 is 18.0 Å². The van der Waals surface area contributed by atoms with Crippen molar-refractivity contribution in [1.29, 1.82) is 0 Å². The molecule has 26 heavy (non-hydrogen) atoms. The molecule has 0 radical (unpaired) electrons. The number of alkyl halides is 3. The smallest absolute Gasteiger partial charge is 0.350 e. The highest BCUT2D eigenvalue weighted by molar-refractivity contribution is 5.92. The second kappa shape index (κ2) is 7.34. The molecule has 3 aromatic rings. The predicted molar refractivity (Wildman–Crippen MR) is 86.6 cm³/mol. The molecule has 0 saturated heterocycles. The summed E-state index contributed by atoms with van der Waals surface area (Å²) in [7, 11) is 0. The Morgan fingerprint density at radius 3 is 2.65 bits per heavy atom. The van der Waals surface area contributed by atoms with Crippen LogP contribution in [0.15, 0.2) is 54.9 Å². The Bertz CT molecular complexity index is 893. The maximum atomic E-state index is 12.7. The summed E-state index contributed by atoms with van der Waals surface area (Å²) in [5.41, 5.74) is 0.248. The van der Waals surface area contributed by atoms with Gasteiger partial charge in [-0.15, -0.1) is 0 Å². The molecular weight excluding hydrogens is 347 g/mol. The molecule has 9 heteroatoms. The number of carbonyl (C=O) groups is 1. The number of benzene rings is 1. The third-order valence-corrected chi connectivity index (χ3v) is 3.51. The summed E-state index contributed by atoms with van der Waals surface area (Å²) >= 11 is 0. The lowest BCUT2D eigenvalue weighted by molar-refractivity contribution is -0.137. The summed E-state index contributed by atoms with van der Waals surface area (Å²) in [5.74, 6) is -0.674. The predicted octanol–water partition coefficient (Wildman–Crippen LogP) is 2.65. The Morgan fingerprint density at radius 1 is 1.15 bits per heavy atom. The summed E-state index contributed by atoms with van der Waals surface area (Å²) in [6.07, 6.45) is -1.60. The molecule has 6 nitrogen and oxygen atoms in total. The number of hydrogen-bond acceptors (Lipinski definition) is 4. The van der Waals surface area contributed by atoms with Crippen LogP contribution in [0.3, 0.4) is 0 Å². The van der Waals surface area contributed by atoms with Crippen LogP contribution in [0.25, 0.3) is 5.69 Å². The number of nitrogens with one attached hydrogen (secondary N) is 1. The lowest BCUT2D eigenvalue weighted by atomic mass is 10.2. The van der Waals surface area contributed by atoms with Crippen molar-refractivity contribution in [3.63, 3.8) is 0 Å². The zero-order valence-corrected chi connectivity index (χ0v) is 13.4. The monoisotopic (exact) mass is 361 g/mol. The minimum atomic E-state index is -4.52. The Hall–Kier alpha value is -3.23. The number of nitrogens with zero attached hydrogens (tertiary/aromatic N) is 4. The topological polar surface area (TPSA) is 72.7 Å². The molecule has 1 N–H and O–H groups in total. The summed E-state index contributed by atoms with van der Waals surface area (Å²) in [4.78, 5) is 17.1. The first-order chi connectivity index (χ1) is 12.4. The van der Waals surface area contributed by atoms with E-state index in [-0.39, 0.29) is 12.2 Å². The Kier molecular flexibility index (Phi) is 4.97. The average molecular weight is 361 g/mol. The lowest BCUT2D eigenvalue weighted by Crippen LogP contribution is -2.27. The van der Waals surface area contributed by atoms with E-state index in [0.29, 0.717) is 12.1 Å². The van der Waals surface area contributed by atoms with Crippen LogP contribution in [0.1, 0.15) is 21.7 Å². The molecule has 0 aliphatic rings. The van der Waals surface area contributed by atoms with Gasteiger partial charge in [0, 0.05) is 19.2 Å². The molecule has 134 valence electrons. The molecule has 0 aliphatic carbocycles. The number of pyridine rings is 1. The third-order valence-electron chi connectivity index (χ3n) is 3.51. The zero-order chi connectivity index (χ0) is 18.6. The third kappa shape index (κ3) is 4.24. The van der Waals surface area contributed by atoms with Gasteiger partial charge in [0.05, 0.1) is 23.1 Å². The van der Waals surface area contributed by atoms with Crippen molar-refractivity contribution in [3.8, 4) is 5.69 Å². The largest absolute Gasteiger partial charge is 0.416 e. The van der Waals surface area contributed by atoms with Crippen LogP contribution in [0, 0.1) is 0 Å². The van der Waals surface area contributed by atoms with Gasteiger partial charge in [0.15, 0.2) is 0 Å². The fourth-order valence-electron chi connectivity index (χ4n) is 2.22. The van der Waals surface area contributed by atoms with Gasteiger partial charge in [0.1, 0.15) is 5.69 Å². The van der Waals surface area contributed by atoms with Crippen molar-refractivity contribution in [2.75, 3.05) is 6.54 Å². The van der Waals surface area contributed by atoms with E-state index in [1.165, 1.54) is 4.80 Å². The average Bonchev–Trinajstić information content (AvgIpc) is 3.11. The first-order valence-corrected chi connectivity index (χ1v) is 7.71. The molecule has 3 rings (SSSR count). The molecule has 0 fully saturated rings. The highest BCUT2D eigenvalue weighted by Gasteiger charge is 2.31. The Morgan fingerprint density at radius 2 is 1.92 bits per heavy atom. The van der Waals surface area contributed by atoms with Gasteiger partial charge in [-0.2, -0.15) is 28.2 Å². The van der Waals surface area contributed by atoms with Crippen LogP contribution in [-0.4, -0.2) is 32.4 Å². The second-order valence-corrected chi connectivity index (χ2v) is 5.39. The number of rotatable bonds is 5. The Balaban J connectivity index is 1.57. The van der Waals surface area contributed by atoms with E-state index >= 15 is 0 Å². The summed E-state index contributed by atoms with van der Waals surface area (Å²) < 4.78 is 38.0. The SMILES string of the molecule is O=C(NCCc1cnn(-c2ccccc2)n1)c1cc(C(F)(F)F)ccn1. The minimum Gasteiger partial charge on any atom is -0.350 e. The fraction of sp³-hybridized carbons (Fsp3) is 0.176. The molecule has 1 amide bonds. The molecule has 2 aromatic heterocycles. The van der Waals surface area contributed by atoms with Crippen LogP contribution >= 0.6 is 0 Å². The molecule has 0 spiro atoms. The van der Waals surface area contributed by atoms with Crippen molar-refractivity contribution in [2.24, 2.45) is 0 Å². The number of halogens is 3. The molecule has 1 aromatic carbocycles. The summed E-state index contributed by atoms with van der Waals surface area (Å²) in [5, 5.41) is 11.0. The van der Waals surface area contributed by atoms with Crippen molar-refractivity contribution >= 4 is 5.91 Å². The second-order valence-electron chi connectivity index (χ2n) is 5.39. The van der Waals surface area contributed by atoms with Crippen molar-refractivity contribution in [3.05, 3.63) is 71.8 Å². The number of aromatic nitrogens is 4. The summed E-state index contributed by atoms with van der Waals surface area (Å²) in [6, 6.07) is 10.8. The highest BCUT2D eigenvalue weighted by Crippen LogP contribution is 2.28. The fourth-order valence-corrected chi connectivity index (χ4v) is 2.22. The van der Waals surface area contributed by atoms with E-state index in [0.717, 1.165) is 24.0 Å². The maximum Gasteiger partial charge on any atom is 0.416 e. The molecule has 0 unspecified atom stereocenters. The van der Waals surface area contributed by atoms with Gasteiger partial charge in [0.2, 0.25) is 0 Å². The van der Waals surface area contributed by atoms with E-state index in [2.05, 4.69) is 20.5 Å². The minimum absolute atomic E-state index is 0.199. The number of amides is 1. The van der Waals surface area contributed by atoms with Crippen LogP contribution < -0.4 is 5.32 Å². The van der Waals surface area contributed by atoms with E-state index in [4.69, 9.17) is 0 Å².